The van der Waals surface area contributed by atoms with Gasteiger partial charge >= 0.3 is 6.18 Å². The second kappa shape index (κ2) is 7.42. The molecule has 3 rings (SSSR count). The third kappa shape index (κ3) is 4.11. The number of carbonyl (C=O) groups excluding carboxylic acids is 1. The number of methoxy groups -OCH3 is 1. The van der Waals surface area contributed by atoms with Gasteiger partial charge in [-0.15, -0.1) is 0 Å². The number of hydrogen-bond acceptors (Lipinski definition) is 4. The molecule has 0 radical (unpaired) electrons. The normalized spacial score (nSPS) is 24.4. The van der Waals surface area contributed by atoms with Crippen LogP contribution in [-0.4, -0.2) is 55.7 Å². The van der Waals surface area contributed by atoms with Crippen molar-refractivity contribution in [1.29, 1.82) is 0 Å². The molecule has 2 aliphatic rings. The van der Waals surface area contributed by atoms with E-state index in [2.05, 4.69) is 4.98 Å². The molecule has 2 fully saturated rings. The zero-order chi connectivity index (χ0) is 18.8. The summed E-state index contributed by atoms with van der Waals surface area (Å²) in [5, 5.41) is 0. The predicted octanol–water partition coefficient (Wildman–Crippen LogP) is 2.96. The topological polar surface area (TPSA) is 45.7 Å². The van der Waals surface area contributed by atoms with Crippen LogP contribution in [0.2, 0.25) is 0 Å². The molecule has 2 saturated heterocycles. The summed E-state index contributed by atoms with van der Waals surface area (Å²) in [6.45, 7) is 2.98. The molecule has 26 heavy (non-hydrogen) atoms. The Bertz CT molecular complexity index is 653. The lowest BCUT2D eigenvalue weighted by Gasteiger charge is -2.48. The smallest absolute Gasteiger partial charge is 0.383 e. The molecular weight excluding hydrogens is 347 g/mol. The van der Waals surface area contributed by atoms with E-state index in [4.69, 9.17) is 4.74 Å². The first kappa shape index (κ1) is 18.9. The van der Waals surface area contributed by atoms with Crippen LogP contribution in [0.4, 0.5) is 19.0 Å². The SMILES string of the molecule is COCCN1C[C@]2(CCCN(c3cccc(C(F)(F)F)n3)C2)CCC1=O. The van der Waals surface area contributed by atoms with Gasteiger partial charge in [0, 0.05) is 45.1 Å². The minimum absolute atomic E-state index is 0.0875. The van der Waals surface area contributed by atoms with E-state index in [1.165, 1.54) is 6.07 Å². The largest absolute Gasteiger partial charge is 0.433 e. The molecule has 0 bridgehead atoms. The van der Waals surface area contributed by atoms with Crippen molar-refractivity contribution in [1.82, 2.24) is 9.88 Å². The van der Waals surface area contributed by atoms with E-state index in [1.807, 2.05) is 9.80 Å². The standard InChI is InChI=1S/C18H24F3N3O2/c1-26-11-10-24-13-17(8-6-16(24)25)7-3-9-23(12-17)15-5-2-4-14(22-15)18(19,20)21/h2,4-5H,3,6-13H2,1H3/t17-/m1/s1. The number of carbonyl (C=O) groups is 1. The van der Waals surface area contributed by atoms with E-state index in [0.29, 0.717) is 45.0 Å². The van der Waals surface area contributed by atoms with Gasteiger partial charge in [-0.25, -0.2) is 4.98 Å². The molecule has 0 aromatic carbocycles. The number of anilines is 1. The van der Waals surface area contributed by atoms with Crippen LogP contribution in [0.5, 0.6) is 0 Å². The predicted molar refractivity (Wildman–Crippen MR) is 90.8 cm³/mol. The molecule has 0 aliphatic carbocycles. The molecule has 5 nitrogen and oxygen atoms in total. The molecule has 1 aromatic heterocycles. The molecule has 1 atom stereocenters. The van der Waals surface area contributed by atoms with Crippen LogP contribution in [0.1, 0.15) is 31.4 Å². The number of hydrogen-bond donors (Lipinski definition) is 0. The number of nitrogens with zero attached hydrogens (tertiary/aromatic N) is 3. The number of alkyl halides is 3. The zero-order valence-corrected chi connectivity index (χ0v) is 14.9. The molecule has 144 valence electrons. The number of rotatable bonds is 4. The highest BCUT2D eigenvalue weighted by atomic mass is 19.4. The van der Waals surface area contributed by atoms with Crippen LogP contribution in [-0.2, 0) is 15.7 Å². The Balaban J connectivity index is 1.76. The number of halogens is 3. The highest BCUT2D eigenvalue weighted by molar-refractivity contribution is 5.77. The van der Waals surface area contributed by atoms with Gasteiger partial charge in [0.25, 0.3) is 0 Å². The van der Waals surface area contributed by atoms with Gasteiger partial charge < -0.3 is 14.5 Å². The molecular formula is C18H24F3N3O2. The summed E-state index contributed by atoms with van der Waals surface area (Å²) in [5.74, 6) is 0.487. The highest BCUT2D eigenvalue weighted by Gasteiger charge is 2.42. The van der Waals surface area contributed by atoms with E-state index in [-0.39, 0.29) is 11.3 Å². The van der Waals surface area contributed by atoms with E-state index in [9.17, 15) is 18.0 Å². The van der Waals surface area contributed by atoms with Crippen molar-refractivity contribution < 1.29 is 22.7 Å². The number of likely N-dealkylation sites (tertiary alicyclic amines) is 1. The van der Waals surface area contributed by atoms with E-state index in [0.717, 1.165) is 25.3 Å². The fraction of sp³-hybridized carbons (Fsp3) is 0.667. The number of amides is 1. The molecule has 0 saturated carbocycles. The number of aromatic nitrogens is 1. The fourth-order valence-electron chi connectivity index (χ4n) is 4.00. The Morgan fingerprint density at radius 3 is 2.81 bits per heavy atom. The Hall–Kier alpha value is -1.83. The van der Waals surface area contributed by atoms with Gasteiger partial charge in [-0.1, -0.05) is 6.07 Å². The second-order valence-corrected chi connectivity index (χ2v) is 7.21. The van der Waals surface area contributed by atoms with Crippen molar-refractivity contribution >= 4 is 11.7 Å². The van der Waals surface area contributed by atoms with Crippen LogP contribution in [0.25, 0.3) is 0 Å². The first-order valence-electron chi connectivity index (χ1n) is 8.89. The van der Waals surface area contributed by atoms with Crippen molar-refractivity contribution in [2.75, 3.05) is 44.8 Å². The van der Waals surface area contributed by atoms with Crippen molar-refractivity contribution in [3.05, 3.63) is 23.9 Å². The Kier molecular flexibility index (Phi) is 5.41. The van der Waals surface area contributed by atoms with Crippen molar-refractivity contribution in [2.24, 2.45) is 5.41 Å². The summed E-state index contributed by atoms with van der Waals surface area (Å²) in [5.41, 5.74) is -0.953. The van der Waals surface area contributed by atoms with Gasteiger partial charge in [0.2, 0.25) is 5.91 Å². The summed E-state index contributed by atoms with van der Waals surface area (Å²) in [6.07, 6.45) is -1.35. The molecule has 8 heteroatoms. The van der Waals surface area contributed by atoms with Gasteiger partial charge in [0.15, 0.2) is 0 Å². The van der Waals surface area contributed by atoms with Crippen molar-refractivity contribution in [3.63, 3.8) is 0 Å². The summed E-state index contributed by atoms with van der Waals surface area (Å²) in [4.78, 5) is 19.7. The number of ether oxygens (including phenoxy) is 1. The van der Waals surface area contributed by atoms with Gasteiger partial charge in [-0.2, -0.15) is 13.2 Å². The third-order valence-corrected chi connectivity index (χ3v) is 5.32. The minimum Gasteiger partial charge on any atom is -0.383 e. The molecule has 3 heterocycles. The molecule has 2 aliphatic heterocycles. The maximum absolute atomic E-state index is 13.0. The zero-order valence-electron chi connectivity index (χ0n) is 14.9. The maximum atomic E-state index is 13.0. The minimum atomic E-state index is -4.45. The first-order chi connectivity index (χ1) is 12.3. The lowest BCUT2D eigenvalue weighted by Crippen LogP contribution is -2.54. The van der Waals surface area contributed by atoms with Gasteiger partial charge in [-0.05, 0) is 31.4 Å². The average Bonchev–Trinajstić information content (AvgIpc) is 2.62. The molecule has 0 N–H and O–H groups in total. The van der Waals surface area contributed by atoms with Crippen LogP contribution < -0.4 is 4.90 Å². The van der Waals surface area contributed by atoms with Gasteiger partial charge in [-0.3, -0.25) is 4.79 Å². The average molecular weight is 371 g/mol. The van der Waals surface area contributed by atoms with Gasteiger partial charge in [0.05, 0.1) is 6.61 Å². The third-order valence-electron chi connectivity index (χ3n) is 5.32. The monoisotopic (exact) mass is 371 g/mol. The van der Waals surface area contributed by atoms with Crippen LogP contribution >= 0.6 is 0 Å². The summed E-state index contributed by atoms with van der Waals surface area (Å²) in [7, 11) is 1.60. The Morgan fingerprint density at radius 1 is 1.27 bits per heavy atom. The summed E-state index contributed by atoms with van der Waals surface area (Å²) >= 11 is 0. The molecule has 1 aromatic rings. The van der Waals surface area contributed by atoms with Crippen molar-refractivity contribution in [2.45, 2.75) is 31.9 Å². The van der Waals surface area contributed by atoms with Gasteiger partial charge in [0.1, 0.15) is 11.5 Å². The lowest BCUT2D eigenvalue weighted by atomic mass is 9.73. The molecule has 1 amide bonds. The van der Waals surface area contributed by atoms with E-state index < -0.39 is 11.9 Å². The van der Waals surface area contributed by atoms with Crippen LogP contribution in [0, 0.1) is 5.41 Å². The highest BCUT2D eigenvalue weighted by Crippen LogP contribution is 2.40. The Labute approximate surface area is 151 Å². The summed E-state index contributed by atoms with van der Waals surface area (Å²) in [6, 6.07) is 4.03. The maximum Gasteiger partial charge on any atom is 0.433 e. The number of pyridine rings is 1. The quantitative estimate of drug-likeness (QED) is 0.816. The van der Waals surface area contributed by atoms with E-state index in [1.54, 1.807) is 13.2 Å². The fourth-order valence-corrected chi connectivity index (χ4v) is 4.00. The second-order valence-electron chi connectivity index (χ2n) is 7.21. The molecule has 1 spiro atoms. The number of piperidine rings is 2. The van der Waals surface area contributed by atoms with E-state index >= 15 is 0 Å². The molecule has 0 unspecified atom stereocenters. The summed E-state index contributed by atoms with van der Waals surface area (Å²) < 4.78 is 44.0. The lowest BCUT2D eigenvalue weighted by molar-refractivity contribution is -0.141. The first-order valence-corrected chi connectivity index (χ1v) is 8.89. The van der Waals surface area contributed by atoms with Crippen LogP contribution in [0.15, 0.2) is 18.2 Å². The van der Waals surface area contributed by atoms with Crippen LogP contribution in [0.3, 0.4) is 0 Å². The Morgan fingerprint density at radius 2 is 2.08 bits per heavy atom. The van der Waals surface area contributed by atoms with Crippen molar-refractivity contribution in [3.8, 4) is 0 Å².